The fourth-order valence-electron chi connectivity index (χ4n) is 1.02. The molecule has 7 heteroatoms. The van der Waals surface area contributed by atoms with Crippen molar-refractivity contribution in [2.24, 2.45) is 0 Å². The van der Waals surface area contributed by atoms with E-state index >= 15 is 0 Å². The Bertz CT molecular complexity index is 403. The van der Waals surface area contributed by atoms with Crippen LogP contribution >= 0.6 is 11.3 Å². The van der Waals surface area contributed by atoms with Crippen LogP contribution in [0.25, 0.3) is 0 Å². The molecule has 1 aromatic heterocycles. The van der Waals surface area contributed by atoms with Crippen LogP contribution in [-0.2, 0) is 9.59 Å². The highest BCUT2D eigenvalue weighted by Gasteiger charge is 2.32. The van der Waals surface area contributed by atoms with Crippen LogP contribution < -0.4 is 5.32 Å². The van der Waals surface area contributed by atoms with Crippen LogP contribution in [0, 0.1) is 0 Å². The molecule has 0 radical (unpaired) electrons. The molecule has 6 nitrogen and oxygen atoms in total. The van der Waals surface area contributed by atoms with Gasteiger partial charge in [0, 0.05) is 11.6 Å². The summed E-state index contributed by atoms with van der Waals surface area (Å²) in [5.74, 6) is -1.25. The van der Waals surface area contributed by atoms with Crippen molar-refractivity contribution in [3.05, 3.63) is 11.6 Å². The number of thiazole rings is 1. The van der Waals surface area contributed by atoms with Gasteiger partial charge in [0.25, 0.3) is 0 Å². The van der Waals surface area contributed by atoms with Gasteiger partial charge in [0.1, 0.15) is 5.54 Å². The minimum absolute atomic E-state index is 0.00111. The minimum Gasteiger partial charge on any atom is -0.480 e. The highest BCUT2D eigenvalue weighted by Crippen LogP contribution is 2.13. The average molecular weight is 257 g/mol. The number of nitrogens with zero attached hydrogens (tertiary/aromatic N) is 2. The molecular weight excluding hydrogens is 242 g/mol. The van der Waals surface area contributed by atoms with Gasteiger partial charge in [-0.1, -0.05) is 0 Å². The third-order valence-corrected chi connectivity index (χ3v) is 3.23. The lowest BCUT2D eigenvalue weighted by Gasteiger charge is -2.30. The lowest BCUT2D eigenvalue weighted by molar-refractivity contribution is -0.148. The number of aromatic nitrogens is 1. The fourth-order valence-corrected chi connectivity index (χ4v) is 1.57. The summed E-state index contributed by atoms with van der Waals surface area (Å²) in [6, 6.07) is 0. The van der Waals surface area contributed by atoms with Gasteiger partial charge in [0.05, 0.1) is 6.54 Å². The highest BCUT2D eigenvalue weighted by molar-refractivity contribution is 7.13. The van der Waals surface area contributed by atoms with Crippen LogP contribution in [0.1, 0.15) is 13.8 Å². The molecule has 0 saturated carbocycles. The number of hydrogen-bond acceptors (Lipinski definition) is 5. The van der Waals surface area contributed by atoms with Crippen LogP contribution in [0.15, 0.2) is 11.6 Å². The summed E-state index contributed by atoms with van der Waals surface area (Å²) in [7, 11) is 1.59. The van der Waals surface area contributed by atoms with E-state index in [0.717, 1.165) is 0 Å². The van der Waals surface area contributed by atoms with Gasteiger partial charge in [-0.2, -0.15) is 0 Å². The second-order valence-electron chi connectivity index (χ2n) is 4.11. The third-order valence-electron chi connectivity index (χ3n) is 2.54. The normalized spacial score (nSPS) is 11.5. The van der Waals surface area contributed by atoms with Crippen molar-refractivity contribution < 1.29 is 14.7 Å². The summed E-state index contributed by atoms with van der Waals surface area (Å²) in [5.41, 5.74) is -1.08. The van der Waals surface area contributed by atoms with Crippen LogP contribution in [0.4, 0.5) is 5.13 Å². The summed E-state index contributed by atoms with van der Waals surface area (Å²) in [6.07, 6.45) is 1.59. The topological polar surface area (TPSA) is 82.5 Å². The Kier molecular flexibility index (Phi) is 4.19. The number of anilines is 1. The predicted octanol–water partition coefficient (Wildman–Crippen LogP) is 0.877. The summed E-state index contributed by atoms with van der Waals surface area (Å²) in [4.78, 5) is 28.0. The largest absolute Gasteiger partial charge is 0.480 e. The first-order chi connectivity index (χ1) is 7.84. The molecule has 0 unspecified atom stereocenters. The number of rotatable bonds is 5. The number of carbonyl (C=O) groups is 2. The molecule has 1 aromatic rings. The van der Waals surface area contributed by atoms with Crippen molar-refractivity contribution in [3.63, 3.8) is 0 Å². The molecule has 1 heterocycles. The zero-order valence-corrected chi connectivity index (χ0v) is 10.7. The quantitative estimate of drug-likeness (QED) is 0.818. The summed E-state index contributed by atoms with van der Waals surface area (Å²) < 4.78 is 0. The standard InChI is InChI=1S/C10H15N3O3S/c1-10(2,8(15)16)13(3)6-7(14)12-9-11-4-5-17-9/h4-5H,6H2,1-3H3,(H,15,16)(H,11,12,14). The second kappa shape index (κ2) is 5.24. The van der Waals surface area contributed by atoms with Crippen LogP contribution in [0.2, 0.25) is 0 Å². The zero-order chi connectivity index (χ0) is 13.1. The van der Waals surface area contributed by atoms with E-state index in [1.807, 2.05) is 0 Å². The van der Waals surface area contributed by atoms with E-state index in [4.69, 9.17) is 5.11 Å². The number of likely N-dealkylation sites (N-methyl/N-ethyl adjacent to an activating group) is 1. The number of amides is 1. The predicted molar refractivity (Wildman–Crippen MR) is 65.1 cm³/mol. The Hall–Kier alpha value is -1.47. The lowest BCUT2D eigenvalue weighted by Crippen LogP contribution is -2.50. The smallest absolute Gasteiger partial charge is 0.323 e. The Morgan fingerprint density at radius 3 is 2.71 bits per heavy atom. The van der Waals surface area contributed by atoms with E-state index in [1.54, 1.807) is 32.5 Å². The van der Waals surface area contributed by atoms with Gasteiger partial charge in [-0.05, 0) is 20.9 Å². The number of carboxylic acid groups (broad SMARTS) is 1. The van der Waals surface area contributed by atoms with E-state index in [2.05, 4.69) is 10.3 Å². The molecule has 0 aromatic carbocycles. The average Bonchev–Trinajstić information content (AvgIpc) is 2.69. The third kappa shape index (κ3) is 3.50. The number of carboxylic acids is 1. The van der Waals surface area contributed by atoms with E-state index in [-0.39, 0.29) is 12.5 Å². The monoisotopic (exact) mass is 257 g/mol. The molecule has 0 spiro atoms. The molecule has 94 valence electrons. The van der Waals surface area contributed by atoms with Gasteiger partial charge in [0.2, 0.25) is 5.91 Å². The Balaban J connectivity index is 2.54. The van der Waals surface area contributed by atoms with Crippen molar-refractivity contribution >= 4 is 28.3 Å². The first-order valence-electron chi connectivity index (χ1n) is 4.98. The summed E-state index contributed by atoms with van der Waals surface area (Å²) >= 11 is 1.31. The minimum atomic E-state index is -1.08. The van der Waals surface area contributed by atoms with Gasteiger partial charge >= 0.3 is 5.97 Å². The molecule has 1 amide bonds. The van der Waals surface area contributed by atoms with Crippen molar-refractivity contribution in [1.29, 1.82) is 0 Å². The number of hydrogen-bond donors (Lipinski definition) is 2. The van der Waals surface area contributed by atoms with Gasteiger partial charge in [0.15, 0.2) is 5.13 Å². The number of carbonyl (C=O) groups excluding carboxylic acids is 1. The molecule has 0 atom stereocenters. The molecule has 0 aliphatic carbocycles. The van der Waals surface area contributed by atoms with Crippen molar-refractivity contribution in [3.8, 4) is 0 Å². The SMILES string of the molecule is CN(CC(=O)Nc1nccs1)C(C)(C)C(=O)O. The van der Waals surface area contributed by atoms with Crippen LogP contribution in [-0.4, -0.2) is 46.0 Å². The molecule has 1 rings (SSSR count). The van der Waals surface area contributed by atoms with E-state index in [9.17, 15) is 9.59 Å². The second-order valence-corrected chi connectivity index (χ2v) is 5.00. The van der Waals surface area contributed by atoms with Gasteiger partial charge in [-0.25, -0.2) is 4.98 Å². The molecule has 0 aliphatic rings. The van der Waals surface area contributed by atoms with Crippen molar-refractivity contribution in [2.45, 2.75) is 19.4 Å². The first-order valence-corrected chi connectivity index (χ1v) is 5.86. The van der Waals surface area contributed by atoms with E-state index in [0.29, 0.717) is 5.13 Å². The molecule has 0 aliphatic heterocycles. The zero-order valence-electron chi connectivity index (χ0n) is 9.93. The van der Waals surface area contributed by atoms with Crippen LogP contribution in [0.5, 0.6) is 0 Å². The lowest BCUT2D eigenvalue weighted by atomic mass is 10.0. The maximum absolute atomic E-state index is 11.6. The number of nitrogens with one attached hydrogen (secondary N) is 1. The first kappa shape index (κ1) is 13.6. The molecule has 0 fully saturated rings. The molecule has 0 saturated heterocycles. The Morgan fingerprint density at radius 2 is 2.24 bits per heavy atom. The molecular formula is C10H15N3O3S. The maximum Gasteiger partial charge on any atom is 0.323 e. The van der Waals surface area contributed by atoms with Crippen molar-refractivity contribution in [1.82, 2.24) is 9.88 Å². The summed E-state index contributed by atoms with van der Waals surface area (Å²) in [6.45, 7) is 3.09. The highest BCUT2D eigenvalue weighted by atomic mass is 32.1. The molecule has 0 bridgehead atoms. The maximum atomic E-state index is 11.6. The van der Waals surface area contributed by atoms with E-state index in [1.165, 1.54) is 16.2 Å². The molecule has 17 heavy (non-hydrogen) atoms. The van der Waals surface area contributed by atoms with Crippen LogP contribution in [0.3, 0.4) is 0 Å². The summed E-state index contributed by atoms with van der Waals surface area (Å²) in [5, 5.41) is 13.9. The molecule has 2 N–H and O–H groups in total. The Labute approximate surface area is 103 Å². The van der Waals surface area contributed by atoms with Gasteiger partial charge in [-0.15, -0.1) is 11.3 Å². The van der Waals surface area contributed by atoms with E-state index < -0.39 is 11.5 Å². The Morgan fingerprint density at radius 1 is 1.59 bits per heavy atom. The van der Waals surface area contributed by atoms with Gasteiger partial charge in [-0.3, -0.25) is 14.5 Å². The van der Waals surface area contributed by atoms with Crippen molar-refractivity contribution in [2.75, 3.05) is 18.9 Å². The number of aliphatic carboxylic acids is 1. The van der Waals surface area contributed by atoms with Gasteiger partial charge < -0.3 is 10.4 Å². The fraction of sp³-hybridized carbons (Fsp3) is 0.500.